The number of sulfone groups is 1. The topological polar surface area (TPSA) is 70.6 Å². The molecule has 0 amide bonds. The number of guanidine groups is 1. The van der Waals surface area contributed by atoms with Gasteiger partial charge < -0.3 is 10.6 Å². The van der Waals surface area contributed by atoms with Gasteiger partial charge in [-0.05, 0) is 37.5 Å². The minimum Gasteiger partial charge on any atom is -0.356 e. The van der Waals surface area contributed by atoms with Gasteiger partial charge in [-0.2, -0.15) is 0 Å². The largest absolute Gasteiger partial charge is 0.356 e. The highest BCUT2D eigenvalue weighted by Gasteiger charge is 2.10. The maximum absolute atomic E-state index is 11.6. The first-order valence-electron chi connectivity index (χ1n) is 7.23. The van der Waals surface area contributed by atoms with Crippen molar-refractivity contribution in [3.05, 3.63) is 41.5 Å². The molecule has 1 aromatic rings. The molecule has 0 bridgehead atoms. The van der Waals surface area contributed by atoms with E-state index in [-0.39, 0.29) is 0 Å². The van der Waals surface area contributed by atoms with Gasteiger partial charge in [0, 0.05) is 26.4 Å². The van der Waals surface area contributed by atoms with E-state index in [0.29, 0.717) is 11.4 Å². The van der Waals surface area contributed by atoms with Crippen LogP contribution in [0.1, 0.15) is 24.5 Å². The molecule has 0 aliphatic heterocycles. The van der Waals surface area contributed by atoms with E-state index in [1.54, 1.807) is 13.1 Å². The van der Waals surface area contributed by atoms with Gasteiger partial charge in [0.2, 0.25) is 0 Å². The third kappa shape index (κ3) is 5.89. The molecule has 0 unspecified atom stereocenters. The molecule has 2 N–H and O–H groups in total. The van der Waals surface area contributed by atoms with Crippen molar-refractivity contribution in [3.63, 3.8) is 0 Å². The van der Waals surface area contributed by atoms with Crippen molar-refractivity contribution in [1.29, 1.82) is 0 Å². The first-order chi connectivity index (χ1) is 10.4. The van der Waals surface area contributed by atoms with Crippen LogP contribution in [0.3, 0.4) is 0 Å². The molecule has 1 rings (SSSR count). The number of allylic oxidation sites excluding steroid dienone is 1. The lowest BCUT2D eigenvalue weighted by atomic mass is 10.1. The lowest BCUT2D eigenvalue weighted by Gasteiger charge is -2.12. The molecule has 6 heteroatoms. The number of rotatable bonds is 6. The Kier molecular flexibility index (Phi) is 7.11. The second-order valence-corrected chi connectivity index (χ2v) is 7.07. The summed E-state index contributed by atoms with van der Waals surface area (Å²) in [5.41, 5.74) is 1.78. The van der Waals surface area contributed by atoms with Crippen LogP contribution in [0.2, 0.25) is 0 Å². The summed E-state index contributed by atoms with van der Waals surface area (Å²) in [6.07, 6.45) is 6.28. The molecule has 5 nitrogen and oxygen atoms in total. The van der Waals surface area contributed by atoms with E-state index in [2.05, 4.69) is 21.7 Å². The smallest absolute Gasteiger partial charge is 0.191 e. The van der Waals surface area contributed by atoms with Crippen LogP contribution in [-0.2, 0) is 16.4 Å². The highest BCUT2D eigenvalue weighted by Crippen LogP contribution is 2.16. The van der Waals surface area contributed by atoms with Crippen LogP contribution in [-0.4, -0.2) is 34.2 Å². The SMILES string of the molecule is C/C=C/CCNC(=NC)NCc1ccc(S(C)(=O)=O)c(C)c1. The van der Waals surface area contributed by atoms with Gasteiger partial charge >= 0.3 is 0 Å². The highest BCUT2D eigenvalue weighted by atomic mass is 32.2. The quantitative estimate of drug-likeness (QED) is 0.364. The lowest BCUT2D eigenvalue weighted by Crippen LogP contribution is -2.37. The zero-order valence-electron chi connectivity index (χ0n) is 13.7. The molecule has 0 aliphatic rings. The van der Waals surface area contributed by atoms with E-state index in [4.69, 9.17) is 0 Å². The van der Waals surface area contributed by atoms with Crippen molar-refractivity contribution >= 4 is 15.8 Å². The van der Waals surface area contributed by atoms with Gasteiger partial charge in [-0.3, -0.25) is 4.99 Å². The van der Waals surface area contributed by atoms with E-state index in [0.717, 1.165) is 30.1 Å². The van der Waals surface area contributed by atoms with Crippen LogP contribution in [0.4, 0.5) is 0 Å². The summed E-state index contributed by atoms with van der Waals surface area (Å²) in [6, 6.07) is 5.36. The second kappa shape index (κ2) is 8.58. The predicted octanol–water partition coefficient (Wildman–Crippen LogP) is 2.03. The Morgan fingerprint density at radius 2 is 2.05 bits per heavy atom. The normalized spacial score (nSPS) is 12.6. The molecular weight excluding hydrogens is 298 g/mol. The van der Waals surface area contributed by atoms with Crippen LogP contribution < -0.4 is 10.6 Å². The van der Waals surface area contributed by atoms with Gasteiger partial charge in [0.25, 0.3) is 0 Å². The van der Waals surface area contributed by atoms with Crippen molar-refractivity contribution < 1.29 is 8.42 Å². The Balaban J connectivity index is 2.62. The van der Waals surface area contributed by atoms with Crippen molar-refractivity contribution in [1.82, 2.24) is 10.6 Å². The van der Waals surface area contributed by atoms with Crippen molar-refractivity contribution in [3.8, 4) is 0 Å². The van der Waals surface area contributed by atoms with Crippen LogP contribution >= 0.6 is 0 Å². The standard InChI is InChI=1S/C16H25N3O2S/c1-5-6-7-10-18-16(17-3)19-12-14-8-9-15(13(2)11-14)22(4,20)21/h5-6,8-9,11H,7,10,12H2,1-4H3,(H2,17,18,19)/b6-5+. The van der Waals surface area contributed by atoms with Gasteiger partial charge in [-0.25, -0.2) is 8.42 Å². The highest BCUT2D eigenvalue weighted by molar-refractivity contribution is 7.90. The van der Waals surface area contributed by atoms with Gasteiger partial charge in [-0.1, -0.05) is 24.3 Å². The Hall–Kier alpha value is -1.82. The van der Waals surface area contributed by atoms with Gasteiger partial charge in [-0.15, -0.1) is 0 Å². The number of benzene rings is 1. The monoisotopic (exact) mass is 323 g/mol. The molecule has 122 valence electrons. The molecule has 0 atom stereocenters. The van der Waals surface area contributed by atoms with E-state index in [9.17, 15) is 8.42 Å². The maximum atomic E-state index is 11.6. The summed E-state index contributed by atoms with van der Waals surface area (Å²) in [5.74, 6) is 0.731. The summed E-state index contributed by atoms with van der Waals surface area (Å²) in [6.45, 7) is 5.21. The first-order valence-corrected chi connectivity index (χ1v) is 9.13. The molecule has 1 aromatic carbocycles. The maximum Gasteiger partial charge on any atom is 0.191 e. The minimum absolute atomic E-state index is 0.380. The predicted molar refractivity (Wildman–Crippen MR) is 91.9 cm³/mol. The Labute approximate surface area is 133 Å². The zero-order valence-corrected chi connectivity index (χ0v) is 14.5. The molecule has 0 saturated heterocycles. The molecule has 22 heavy (non-hydrogen) atoms. The van der Waals surface area contributed by atoms with Crippen LogP contribution in [0, 0.1) is 6.92 Å². The molecule has 0 radical (unpaired) electrons. The van der Waals surface area contributed by atoms with Crippen LogP contribution in [0.15, 0.2) is 40.2 Å². The van der Waals surface area contributed by atoms with E-state index < -0.39 is 9.84 Å². The van der Waals surface area contributed by atoms with Crippen LogP contribution in [0.5, 0.6) is 0 Å². The third-order valence-corrected chi connectivity index (χ3v) is 4.42. The minimum atomic E-state index is -3.17. The van der Waals surface area contributed by atoms with Crippen LogP contribution in [0.25, 0.3) is 0 Å². The summed E-state index contributed by atoms with van der Waals surface area (Å²) < 4.78 is 23.2. The van der Waals surface area contributed by atoms with Crippen molar-refractivity contribution in [2.24, 2.45) is 4.99 Å². The van der Waals surface area contributed by atoms with E-state index in [1.165, 1.54) is 6.26 Å². The van der Waals surface area contributed by atoms with E-state index in [1.807, 2.05) is 32.1 Å². The molecule has 0 fully saturated rings. The van der Waals surface area contributed by atoms with Gasteiger partial charge in [0.15, 0.2) is 15.8 Å². The van der Waals surface area contributed by atoms with Gasteiger partial charge in [0.05, 0.1) is 4.90 Å². The zero-order chi connectivity index (χ0) is 16.6. The van der Waals surface area contributed by atoms with Crippen molar-refractivity contribution in [2.45, 2.75) is 31.7 Å². The van der Waals surface area contributed by atoms with Crippen molar-refractivity contribution in [2.75, 3.05) is 19.8 Å². The van der Waals surface area contributed by atoms with E-state index >= 15 is 0 Å². The number of nitrogens with zero attached hydrogens (tertiary/aromatic N) is 1. The number of hydrogen-bond acceptors (Lipinski definition) is 3. The molecule has 0 aromatic heterocycles. The molecular formula is C16H25N3O2S. The number of hydrogen-bond donors (Lipinski definition) is 2. The molecule has 0 spiro atoms. The fourth-order valence-corrected chi connectivity index (χ4v) is 3.04. The molecule has 0 aliphatic carbocycles. The Morgan fingerprint density at radius 3 is 2.59 bits per heavy atom. The summed E-state index contributed by atoms with van der Waals surface area (Å²) >= 11 is 0. The summed E-state index contributed by atoms with van der Waals surface area (Å²) in [4.78, 5) is 4.53. The lowest BCUT2D eigenvalue weighted by molar-refractivity contribution is 0.601. The Morgan fingerprint density at radius 1 is 1.32 bits per heavy atom. The number of aliphatic imine (C=N–C) groups is 1. The third-order valence-electron chi connectivity index (χ3n) is 3.16. The first kappa shape index (κ1) is 18.2. The molecule has 0 heterocycles. The number of nitrogens with one attached hydrogen (secondary N) is 2. The fourth-order valence-electron chi connectivity index (χ4n) is 2.08. The fraction of sp³-hybridized carbons (Fsp3) is 0.438. The Bertz CT molecular complexity index is 649. The number of aryl methyl sites for hydroxylation is 1. The second-order valence-electron chi connectivity index (χ2n) is 5.08. The summed E-state index contributed by atoms with van der Waals surface area (Å²) in [5, 5.41) is 6.43. The van der Waals surface area contributed by atoms with Gasteiger partial charge in [0.1, 0.15) is 0 Å². The average molecular weight is 323 g/mol. The average Bonchev–Trinajstić information content (AvgIpc) is 2.45. The molecule has 0 saturated carbocycles. The summed E-state index contributed by atoms with van der Waals surface area (Å²) in [7, 11) is -1.44.